The Hall–Kier alpha value is -4.07. The molecule has 0 saturated heterocycles. The summed E-state index contributed by atoms with van der Waals surface area (Å²) in [6.45, 7) is 0. The molecule has 1 amide bonds. The molecule has 0 aliphatic carbocycles. The molecule has 8 nitrogen and oxygen atoms in total. The van der Waals surface area contributed by atoms with Crippen molar-refractivity contribution in [3.63, 3.8) is 0 Å². The monoisotopic (exact) mass is 391 g/mol. The minimum atomic E-state index is -0.668. The molecule has 0 aliphatic heterocycles. The number of nitrogens with zero attached hydrogens (tertiary/aromatic N) is 2. The van der Waals surface area contributed by atoms with Gasteiger partial charge in [-0.05, 0) is 36.4 Å². The van der Waals surface area contributed by atoms with Gasteiger partial charge < -0.3 is 18.6 Å². The highest BCUT2D eigenvalue weighted by atomic mass is 16.6. The van der Waals surface area contributed by atoms with Gasteiger partial charge in [0.25, 0.3) is 0 Å². The first kappa shape index (κ1) is 18.3. The van der Waals surface area contributed by atoms with Crippen LogP contribution in [0.5, 0.6) is 17.2 Å². The normalized spacial score (nSPS) is 10.6. The van der Waals surface area contributed by atoms with E-state index in [0.29, 0.717) is 45.6 Å². The average molecular weight is 391 g/mol. The van der Waals surface area contributed by atoms with E-state index >= 15 is 0 Å². The van der Waals surface area contributed by atoms with Crippen LogP contribution in [0, 0.1) is 0 Å². The van der Waals surface area contributed by atoms with Gasteiger partial charge in [-0.2, -0.15) is 4.98 Å². The first-order chi connectivity index (χ1) is 14.2. The smallest absolute Gasteiger partial charge is 0.417 e. The molecular formula is C21H17N3O5. The number of rotatable bonds is 5. The molecule has 0 saturated carbocycles. The Kier molecular flexibility index (Phi) is 4.98. The predicted molar refractivity (Wildman–Crippen MR) is 106 cm³/mol. The van der Waals surface area contributed by atoms with Crippen molar-refractivity contribution in [3.05, 3.63) is 60.8 Å². The molecular weight excluding hydrogens is 374 g/mol. The number of pyridine rings is 1. The third-order valence-corrected chi connectivity index (χ3v) is 4.12. The van der Waals surface area contributed by atoms with Crippen molar-refractivity contribution in [1.29, 1.82) is 0 Å². The molecule has 0 atom stereocenters. The van der Waals surface area contributed by atoms with Gasteiger partial charge in [0, 0.05) is 12.3 Å². The minimum Gasteiger partial charge on any atom is -0.493 e. The number of amides is 1. The van der Waals surface area contributed by atoms with Gasteiger partial charge in [-0.1, -0.05) is 12.1 Å². The molecule has 2 aromatic carbocycles. The second-order valence-corrected chi connectivity index (χ2v) is 5.92. The number of methoxy groups -OCH3 is 2. The van der Waals surface area contributed by atoms with E-state index in [1.165, 1.54) is 14.2 Å². The Morgan fingerprint density at radius 1 is 1.00 bits per heavy atom. The Balaban J connectivity index is 1.56. The Morgan fingerprint density at radius 2 is 1.83 bits per heavy atom. The van der Waals surface area contributed by atoms with Crippen molar-refractivity contribution >= 4 is 23.0 Å². The molecule has 0 aliphatic rings. The van der Waals surface area contributed by atoms with Crippen molar-refractivity contribution in [2.75, 3.05) is 19.5 Å². The summed E-state index contributed by atoms with van der Waals surface area (Å²) in [5, 5.41) is 2.71. The molecule has 146 valence electrons. The highest BCUT2D eigenvalue weighted by Gasteiger charge is 2.16. The van der Waals surface area contributed by atoms with Crippen LogP contribution in [0.15, 0.2) is 65.2 Å². The van der Waals surface area contributed by atoms with Gasteiger partial charge in [-0.15, -0.1) is 0 Å². The number of anilines is 1. The first-order valence-electron chi connectivity index (χ1n) is 8.70. The summed E-state index contributed by atoms with van der Waals surface area (Å²) in [7, 11) is 3.04. The quantitative estimate of drug-likeness (QED) is 0.534. The highest BCUT2D eigenvalue weighted by molar-refractivity contribution is 5.91. The van der Waals surface area contributed by atoms with Crippen LogP contribution in [0.4, 0.5) is 10.5 Å². The number of aromatic nitrogens is 2. The second-order valence-electron chi connectivity index (χ2n) is 5.92. The van der Waals surface area contributed by atoms with Crippen LogP contribution in [-0.4, -0.2) is 30.3 Å². The number of hydrogen-bond donors (Lipinski definition) is 1. The topological polar surface area (TPSA) is 95.7 Å². The number of benzene rings is 2. The zero-order valence-corrected chi connectivity index (χ0v) is 15.7. The van der Waals surface area contributed by atoms with Gasteiger partial charge in [-0.3, -0.25) is 5.32 Å². The molecule has 2 aromatic heterocycles. The summed E-state index contributed by atoms with van der Waals surface area (Å²) in [4.78, 5) is 21.0. The molecule has 2 heterocycles. The van der Waals surface area contributed by atoms with Crippen molar-refractivity contribution in [1.82, 2.24) is 9.97 Å². The van der Waals surface area contributed by atoms with E-state index in [1.54, 1.807) is 54.7 Å². The van der Waals surface area contributed by atoms with Crippen LogP contribution in [0.3, 0.4) is 0 Å². The molecule has 29 heavy (non-hydrogen) atoms. The number of hydrogen-bond acceptors (Lipinski definition) is 7. The summed E-state index contributed by atoms with van der Waals surface area (Å²) in [6.07, 6.45) is 0.970. The van der Waals surface area contributed by atoms with Crippen molar-refractivity contribution in [2.24, 2.45) is 0 Å². The highest BCUT2D eigenvalue weighted by Crippen LogP contribution is 2.32. The largest absolute Gasteiger partial charge is 0.493 e. The predicted octanol–water partition coefficient (Wildman–Crippen LogP) is 4.52. The number of carbonyl (C=O) groups excluding carboxylic acids is 1. The summed E-state index contributed by atoms with van der Waals surface area (Å²) in [5.74, 6) is 1.65. The van der Waals surface area contributed by atoms with E-state index < -0.39 is 6.09 Å². The van der Waals surface area contributed by atoms with Gasteiger partial charge in [0.05, 0.1) is 25.5 Å². The van der Waals surface area contributed by atoms with Gasteiger partial charge >= 0.3 is 6.09 Å². The van der Waals surface area contributed by atoms with E-state index in [2.05, 4.69) is 15.3 Å². The third-order valence-electron chi connectivity index (χ3n) is 4.12. The number of nitrogens with one attached hydrogen (secondary N) is 1. The molecule has 1 N–H and O–H groups in total. The molecule has 0 fully saturated rings. The van der Waals surface area contributed by atoms with E-state index in [1.807, 2.05) is 6.07 Å². The van der Waals surface area contributed by atoms with E-state index in [-0.39, 0.29) is 0 Å². The maximum Gasteiger partial charge on any atom is 0.417 e. The average Bonchev–Trinajstić information content (AvgIpc) is 3.18. The first-order valence-corrected chi connectivity index (χ1v) is 8.70. The van der Waals surface area contributed by atoms with Crippen LogP contribution < -0.4 is 19.5 Å². The van der Waals surface area contributed by atoms with Gasteiger partial charge in [0.15, 0.2) is 22.7 Å². The standard InChI is InChI=1S/C21H17N3O5/c1-26-16-10-9-13(12-18(16)27-2)28-21(25)23-15-7-4-3-6-14(15)20-24-19-17(29-20)8-5-11-22-19/h3-12H,1-2H3,(H,23,25). The van der Waals surface area contributed by atoms with Crippen LogP contribution in [-0.2, 0) is 0 Å². The number of oxazole rings is 1. The lowest BCUT2D eigenvalue weighted by Crippen LogP contribution is -2.17. The van der Waals surface area contributed by atoms with E-state index in [0.717, 1.165) is 0 Å². The van der Waals surface area contributed by atoms with E-state index in [4.69, 9.17) is 18.6 Å². The SMILES string of the molecule is COc1ccc(OC(=O)Nc2ccccc2-c2nc3ncccc3o2)cc1OC. The molecule has 4 aromatic rings. The van der Waals surface area contributed by atoms with Crippen LogP contribution in [0.25, 0.3) is 22.7 Å². The molecule has 8 heteroatoms. The zero-order chi connectivity index (χ0) is 20.2. The fourth-order valence-electron chi connectivity index (χ4n) is 2.79. The van der Waals surface area contributed by atoms with Gasteiger partial charge in [0.2, 0.25) is 5.89 Å². The Morgan fingerprint density at radius 3 is 2.62 bits per heavy atom. The maximum absolute atomic E-state index is 12.4. The lowest BCUT2D eigenvalue weighted by atomic mass is 10.2. The minimum absolute atomic E-state index is 0.309. The summed E-state index contributed by atoms with van der Waals surface area (Å²) in [5.41, 5.74) is 2.15. The number of ether oxygens (including phenoxy) is 3. The van der Waals surface area contributed by atoms with Crippen molar-refractivity contribution in [2.45, 2.75) is 0 Å². The summed E-state index contributed by atoms with van der Waals surface area (Å²) < 4.78 is 21.5. The molecule has 0 radical (unpaired) electrons. The van der Waals surface area contributed by atoms with Crippen LogP contribution >= 0.6 is 0 Å². The van der Waals surface area contributed by atoms with E-state index in [9.17, 15) is 4.79 Å². The summed E-state index contributed by atoms with van der Waals surface area (Å²) >= 11 is 0. The van der Waals surface area contributed by atoms with Crippen LogP contribution in [0.2, 0.25) is 0 Å². The summed E-state index contributed by atoms with van der Waals surface area (Å²) in [6, 6.07) is 15.5. The zero-order valence-electron chi connectivity index (χ0n) is 15.7. The molecule has 0 spiro atoms. The van der Waals surface area contributed by atoms with Crippen molar-refractivity contribution < 1.29 is 23.4 Å². The van der Waals surface area contributed by atoms with Crippen LogP contribution in [0.1, 0.15) is 0 Å². The molecule has 0 unspecified atom stereocenters. The number of para-hydroxylation sites is 1. The Labute approximate surface area is 166 Å². The fourth-order valence-corrected chi connectivity index (χ4v) is 2.79. The van der Waals surface area contributed by atoms with Gasteiger partial charge in [-0.25, -0.2) is 9.78 Å². The lowest BCUT2D eigenvalue weighted by Gasteiger charge is -2.11. The fraction of sp³-hybridized carbons (Fsp3) is 0.0952. The second kappa shape index (κ2) is 7.89. The van der Waals surface area contributed by atoms with Crippen molar-refractivity contribution in [3.8, 4) is 28.7 Å². The lowest BCUT2D eigenvalue weighted by molar-refractivity contribution is 0.215. The third kappa shape index (κ3) is 3.81. The molecule has 0 bridgehead atoms. The number of fused-ring (bicyclic) bond motifs is 1. The van der Waals surface area contributed by atoms with Gasteiger partial charge in [0.1, 0.15) is 5.75 Å². The molecule has 4 rings (SSSR count). The maximum atomic E-state index is 12.4. The number of carbonyl (C=O) groups is 1. The Bertz CT molecular complexity index is 1140.